The van der Waals surface area contributed by atoms with Crippen molar-refractivity contribution in [1.82, 2.24) is 14.9 Å². The van der Waals surface area contributed by atoms with Gasteiger partial charge in [-0.05, 0) is 31.4 Å². The Morgan fingerprint density at radius 2 is 2.10 bits per heavy atom. The van der Waals surface area contributed by atoms with Crippen molar-refractivity contribution in [3.8, 4) is 0 Å². The summed E-state index contributed by atoms with van der Waals surface area (Å²) in [5.41, 5.74) is 2.02. The standard InChI is InChI=1S/C15H16ClN3O/c1-10-13(19(2)9-17-10)14(20)18-15(7-8-15)11-5-3-4-6-12(11)16/h3-6,9H,7-8H2,1-2H3,(H,18,20). The van der Waals surface area contributed by atoms with Crippen molar-refractivity contribution < 1.29 is 4.79 Å². The number of aromatic nitrogens is 2. The van der Waals surface area contributed by atoms with E-state index in [1.54, 1.807) is 10.9 Å². The second-order valence-corrected chi connectivity index (χ2v) is 5.71. The number of carbonyl (C=O) groups is 1. The molecule has 1 aliphatic carbocycles. The van der Waals surface area contributed by atoms with Crippen LogP contribution in [0.1, 0.15) is 34.6 Å². The molecule has 0 bridgehead atoms. The van der Waals surface area contributed by atoms with Crippen LogP contribution in [0.2, 0.25) is 5.02 Å². The Balaban J connectivity index is 1.89. The lowest BCUT2D eigenvalue weighted by Gasteiger charge is -2.19. The van der Waals surface area contributed by atoms with Crippen LogP contribution in [0, 0.1) is 6.92 Å². The van der Waals surface area contributed by atoms with Gasteiger partial charge in [-0.3, -0.25) is 4.79 Å². The average molecular weight is 290 g/mol. The first-order chi connectivity index (χ1) is 9.53. The molecule has 5 heteroatoms. The number of carbonyl (C=O) groups excluding carboxylic acids is 1. The number of hydrogen-bond acceptors (Lipinski definition) is 2. The molecule has 1 N–H and O–H groups in total. The Bertz CT molecular complexity index is 654. The first kappa shape index (κ1) is 13.2. The molecule has 20 heavy (non-hydrogen) atoms. The van der Waals surface area contributed by atoms with Crippen molar-refractivity contribution in [2.24, 2.45) is 7.05 Å². The second kappa shape index (κ2) is 4.63. The van der Waals surface area contributed by atoms with Gasteiger partial charge < -0.3 is 9.88 Å². The summed E-state index contributed by atoms with van der Waals surface area (Å²) in [6, 6.07) is 7.68. The molecule has 0 spiro atoms. The molecule has 4 nitrogen and oxygen atoms in total. The highest BCUT2D eigenvalue weighted by atomic mass is 35.5. The van der Waals surface area contributed by atoms with Crippen LogP contribution < -0.4 is 5.32 Å². The number of amides is 1. The lowest BCUT2D eigenvalue weighted by atomic mass is 10.0. The van der Waals surface area contributed by atoms with E-state index in [9.17, 15) is 4.79 Å². The van der Waals surface area contributed by atoms with Gasteiger partial charge in [0, 0.05) is 12.1 Å². The number of nitrogens with zero attached hydrogens (tertiary/aromatic N) is 2. The van der Waals surface area contributed by atoms with Crippen LogP contribution >= 0.6 is 11.6 Å². The van der Waals surface area contributed by atoms with E-state index >= 15 is 0 Å². The zero-order valence-electron chi connectivity index (χ0n) is 11.5. The van der Waals surface area contributed by atoms with E-state index in [-0.39, 0.29) is 11.4 Å². The van der Waals surface area contributed by atoms with E-state index in [1.165, 1.54) is 0 Å². The van der Waals surface area contributed by atoms with Crippen LogP contribution in [-0.4, -0.2) is 15.5 Å². The van der Waals surface area contributed by atoms with E-state index in [2.05, 4.69) is 10.3 Å². The molecule has 1 aliphatic rings. The van der Waals surface area contributed by atoms with Crippen LogP contribution in [0.25, 0.3) is 0 Å². The van der Waals surface area contributed by atoms with Crippen LogP contribution in [0.5, 0.6) is 0 Å². The molecule has 1 fully saturated rings. The van der Waals surface area contributed by atoms with Crippen LogP contribution in [-0.2, 0) is 12.6 Å². The maximum absolute atomic E-state index is 12.5. The lowest BCUT2D eigenvalue weighted by molar-refractivity contribution is 0.0922. The van der Waals surface area contributed by atoms with E-state index < -0.39 is 0 Å². The number of nitrogens with one attached hydrogen (secondary N) is 1. The minimum absolute atomic E-state index is 0.0973. The maximum Gasteiger partial charge on any atom is 0.270 e. The first-order valence-electron chi connectivity index (χ1n) is 6.59. The first-order valence-corrected chi connectivity index (χ1v) is 6.97. The van der Waals surface area contributed by atoms with Gasteiger partial charge in [-0.2, -0.15) is 0 Å². The van der Waals surface area contributed by atoms with Crippen molar-refractivity contribution >= 4 is 17.5 Å². The molecule has 1 amide bonds. The molecule has 3 rings (SSSR count). The van der Waals surface area contributed by atoms with Crippen molar-refractivity contribution in [2.75, 3.05) is 0 Å². The summed E-state index contributed by atoms with van der Waals surface area (Å²) in [4.78, 5) is 16.6. The fourth-order valence-corrected chi connectivity index (χ4v) is 2.90. The van der Waals surface area contributed by atoms with Gasteiger partial charge in [-0.15, -0.1) is 0 Å². The average Bonchev–Trinajstić information content (AvgIpc) is 3.09. The highest BCUT2D eigenvalue weighted by molar-refractivity contribution is 6.31. The summed E-state index contributed by atoms with van der Waals surface area (Å²) in [7, 11) is 1.82. The van der Waals surface area contributed by atoms with Gasteiger partial charge in [0.1, 0.15) is 5.69 Å². The van der Waals surface area contributed by atoms with E-state index in [4.69, 9.17) is 11.6 Å². The predicted octanol–water partition coefficient (Wildman–Crippen LogP) is 2.80. The third-order valence-corrected chi connectivity index (χ3v) is 4.16. The summed E-state index contributed by atoms with van der Waals surface area (Å²) in [6.07, 6.45) is 3.48. The summed E-state index contributed by atoms with van der Waals surface area (Å²) in [6.45, 7) is 1.84. The molecule has 0 atom stereocenters. The molecule has 0 unspecified atom stereocenters. The number of aryl methyl sites for hydroxylation is 2. The number of imidazole rings is 1. The zero-order chi connectivity index (χ0) is 14.3. The Morgan fingerprint density at radius 1 is 1.40 bits per heavy atom. The zero-order valence-corrected chi connectivity index (χ0v) is 12.2. The normalized spacial score (nSPS) is 15.9. The van der Waals surface area contributed by atoms with Crippen LogP contribution in [0.3, 0.4) is 0 Å². The third-order valence-electron chi connectivity index (χ3n) is 3.83. The molecule has 0 radical (unpaired) electrons. The van der Waals surface area contributed by atoms with E-state index in [1.807, 2.05) is 38.2 Å². The molecule has 1 saturated carbocycles. The minimum atomic E-state index is -0.313. The third kappa shape index (κ3) is 2.10. The van der Waals surface area contributed by atoms with E-state index in [0.29, 0.717) is 10.7 Å². The second-order valence-electron chi connectivity index (χ2n) is 5.31. The van der Waals surface area contributed by atoms with Gasteiger partial charge in [0.05, 0.1) is 17.6 Å². The molecule has 1 heterocycles. The molecule has 104 valence electrons. The van der Waals surface area contributed by atoms with Crippen molar-refractivity contribution in [3.63, 3.8) is 0 Å². The highest BCUT2D eigenvalue weighted by Gasteiger charge is 2.47. The molecule has 0 aliphatic heterocycles. The number of hydrogen-bond donors (Lipinski definition) is 1. The van der Waals surface area contributed by atoms with Crippen LogP contribution in [0.4, 0.5) is 0 Å². The van der Waals surface area contributed by atoms with Crippen molar-refractivity contribution in [3.05, 3.63) is 52.6 Å². The van der Waals surface area contributed by atoms with Gasteiger partial charge in [0.25, 0.3) is 5.91 Å². The SMILES string of the molecule is Cc1ncn(C)c1C(=O)NC1(c2ccccc2Cl)CC1. The van der Waals surface area contributed by atoms with Gasteiger partial charge in [0.2, 0.25) is 0 Å². The van der Waals surface area contributed by atoms with Gasteiger partial charge in [-0.25, -0.2) is 4.98 Å². The molecule has 0 saturated heterocycles. The fourth-order valence-electron chi connectivity index (χ4n) is 2.58. The van der Waals surface area contributed by atoms with Gasteiger partial charge >= 0.3 is 0 Å². The van der Waals surface area contributed by atoms with Gasteiger partial charge in [-0.1, -0.05) is 29.8 Å². The van der Waals surface area contributed by atoms with Crippen molar-refractivity contribution in [1.29, 1.82) is 0 Å². The number of halogens is 1. The van der Waals surface area contributed by atoms with Crippen LogP contribution in [0.15, 0.2) is 30.6 Å². The smallest absolute Gasteiger partial charge is 0.270 e. The Kier molecular flexibility index (Phi) is 3.05. The highest BCUT2D eigenvalue weighted by Crippen LogP contribution is 2.48. The summed E-state index contributed by atoms with van der Waals surface area (Å²) < 4.78 is 1.74. The summed E-state index contributed by atoms with van der Waals surface area (Å²) in [5.74, 6) is -0.0973. The predicted molar refractivity (Wildman–Crippen MR) is 77.8 cm³/mol. The van der Waals surface area contributed by atoms with E-state index in [0.717, 1.165) is 24.1 Å². The molecule has 1 aromatic heterocycles. The lowest BCUT2D eigenvalue weighted by Crippen LogP contribution is -2.36. The fraction of sp³-hybridized carbons (Fsp3) is 0.333. The molecular weight excluding hydrogens is 274 g/mol. The van der Waals surface area contributed by atoms with Gasteiger partial charge in [0.15, 0.2) is 0 Å². The maximum atomic E-state index is 12.5. The Hall–Kier alpha value is -1.81. The molecular formula is C15H16ClN3O. The molecule has 2 aromatic rings. The monoisotopic (exact) mass is 289 g/mol. The van der Waals surface area contributed by atoms with Crippen molar-refractivity contribution in [2.45, 2.75) is 25.3 Å². The topological polar surface area (TPSA) is 46.9 Å². The largest absolute Gasteiger partial charge is 0.341 e. The Morgan fingerprint density at radius 3 is 2.65 bits per heavy atom. The quantitative estimate of drug-likeness (QED) is 0.944. The molecule has 1 aromatic carbocycles. The minimum Gasteiger partial charge on any atom is -0.341 e. The number of rotatable bonds is 3. The summed E-state index contributed by atoms with van der Waals surface area (Å²) in [5, 5.41) is 3.83. The summed E-state index contributed by atoms with van der Waals surface area (Å²) >= 11 is 6.25. The Labute approximate surface area is 122 Å². The number of benzene rings is 1.